The van der Waals surface area contributed by atoms with Gasteiger partial charge in [-0.25, -0.2) is 0 Å². The highest BCUT2D eigenvalue weighted by Crippen LogP contribution is 2.35. The summed E-state index contributed by atoms with van der Waals surface area (Å²) in [4.78, 5) is 9.51. The third kappa shape index (κ3) is 2.61. The Labute approximate surface area is 92.4 Å². The van der Waals surface area contributed by atoms with Crippen molar-refractivity contribution in [3.05, 3.63) is 38.9 Å². The Hall–Kier alpha value is -1.34. The molecule has 1 aromatic carbocycles. The molecule has 1 rings (SSSR count). The topological polar surface area (TPSA) is 63.4 Å². The first kappa shape index (κ1) is 12.7. The number of rotatable bonds is 2. The lowest BCUT2D eigenvalue weighted by molar-refractivity contribution is -0.384. The minimum Gasteiger partial charge on any atom is -0.379 e. The molecule has 0 radical (unpaired) electrons. The number of hydrogen-bond donors (Lipinski definition) is 1. The van der Waals surface area contributed by atoms with Gasteiger partial charge < -0.3 is 5.11 Å². The maximum atomic E-state index is 12.1. The largest absolute Gasteiger partial charge is 0.418 e. The highest BCUT2D eigenvalue weighted by Gasteiger charge is 2.39. The van der Waals surface area contributed by atoms with Gasteiger partial charge in [-0.05, 0) is 17.7 Å². The molecule has 1 N–H and O–H groups in total. The summed E-state index contributed by atoms with van der Waals surface area (Å²) in [5.74, 6) is 0. The number of halogens is 4. The van der Waals surface area contributed by atoms with Crippen molar-refractivity contribution in [3.8, 4) is 0 Å². The number of nitrogens with zero attached hydrogens (tertiary/aromatic N) is 1. The highest BCUT2D eigenvalue weighted by molar-refractivity contribution is 6.32. The number of nitro groups is 1. The third-order valence-corrected chi connectivity index (χ3v) is 2.10. The Morgan fingerprint density at radius 1 is 1.44 bits per heavy atom. The molecule has 0 heterocycles. The Balaban J connectivity index is 3.11. The monoisotopic (exact) mass is 255 g/mol. The molecule has 0 aliphatic rings. The second kappa shape index (κ2) is 4.26. The fraction of sp³-hybridized carbons (Fsp3) is 0.250. The maximum absolute atomic E-state index is 12.1. The van der Waals surface area contributed by atoms with E-state index in [0.717, 1.165) is 18.2 Å². The van der Waals surface area contributed by atoms with Crippen molar-refractivity contribution in [3.63, 3.8) is 0 Å². The molecule has 88 valence electrons. The molecule has 0 spiro atoms. The van der Waals surface area contributed by atoms with E-state index >= 15 is 0 Å². The quantitative estimate of drug-likeness (QED) is 0.653. The predicted molar refractivity (Wildman–Crippen MR) is 49.1 cm³/mol. The summed E-state index contributed by atoms with van der Waals surface area (Å²) >= 11 is 5.40. The molecule has 0 bridgehead atoms. The minimum atomic E-state index is -4.83. The van der Waals surface area contributed by atoms with Crippen LogP contribution in [0.25, 0.3) is 0 Å². The van der Waals surface area contributed by atoms with Crippen molar-refractivity contribution in [1.82, 2.24) is 0 Å². The molecular formula is C8H5ClF3NO3. The Morgan fingerprint density at radius 2 is 2.00 bits per heavy atom. The van der Waals surface area contributed by atoms with Gasteiger partial charge in [0, 0.05) is 6.07 Å². The standard InChI is InChI=1S/C8H5ClF3NO3/c9-5-3-4(7(14)8(10,11)12)1-2-6(5)13(15)16/h1-3,7,14H/t7-/m1/s1. The molecule has 0 aromatic heterocycles. The Bertz CT molecular complexity index is 421. The summed E-state index contributed by atoms with van der Waals surface area (Å²) in [6.45, 7) is 0. The van der Waals surface area contributed by atoms with Gasteiger partial charge >= 0.3 is 6.18 Å². The number of nitro benzene ring substituents is 1. The van der Waals surface area contributed by atoms with Crippen molar-refractivity contribution < 1.29 is 23.2 Å². The van der Waals surface area contributed by atoms with Crippen LogP contribution in [0.5, 0.6) is 0 Å². The Morgan fingerprint density at radius 3 is 2.38 bits per heavy atom. The van der Waals surface area contributed by atoms with Crippen LogP contribution in [0.4, 0.5) is 18.9 Å². The van der Waals surface area contributed by atoms with Crippen molar-refractivity contribution in [2.75, 3.05) is 0 Å². The van der Waals surface area contributed by atoms with Crippen LogP contribution in [0.3, 0.4) is 0 Å². The number of hydrogen-bond acceptors (Lipinski definition) is 3. The third-order valence-electron chi connectivity index (χ3n) is 1.79. The number of benzene rings is 1. The van der Waals surface area contributed by atoms with Crippen LogP contribution in [-0.2, 0) is 0 Å². The highest BCUT2D eigenvalue weighted by atomic mass is 35.5. The average molecular weight is 256 g/mol. The normalized spacial score (nSPS) is 13.6. The number of aliphatic hydroxyl groups is 1. The SMILES string of the molecule is O=[N+]([O-])c1ccc([C@@H](O)C(F)(F)F)cc1Cl. The second-order valence-corrected chi connectivity index (χ2v) is 3.32. The van der Waals surface area contributed by atoms with Gasteiger partial charge in [0.05, 0.1) is 4.92 Å². The van der Waals surface area contributed by atoms with E-state index < -0.39 is 33.5 Å². The molecule has 16 heavy (non-hydrogen) atoms. The van der Waals surface area contributed by atoms with Crippen LogP contribution >= 0.6 is 11.6 Å². The molecule has 0 fully saturated rings. The molecule has 0 unspecified atom stereocenters. The number of aliphatic hydroxyl groups excluding tert-OH is 1. The summed E-state index contributed by atoms with van der Waals surface area (Å²) < 4.78 is 36.3. The summed E-state index contributed by atoms with van der Waals surface area (Å²) in [5, 5.41) is 18.7. The molecule has 8 heteroatoms. The molecule has 0 amide bonds. The van der Waals surface area contributed by atoms with Crippen LogP contribution in [-0.4, -0.2) is 16.2 Å². The molecule has 0 saturated heterocycles. The smallest absolute Gasteiger partial charge is 0.379 e. The van der Waals surface area contributed by atoms with Crippen molar-refractivity contribution in [1.29, 1.82) is 0 Å². The lowest BCUT2D eigenvalue weighted by Gasteiger charge is -2.14. The second-order valence-electron chi connectivity index (χ2n) is 2.91. The van der Waals surface area contributed by atoms with Gasteiger partial charge in [0.2, 0.25) is 0 Å². The van der Waals surface area contributed by atoms with Crippen LogP contribution in [0.15, 0.2) is 18.2 Å². The molecule has 1 atom stereocenters. The van der Waals surface area contributed by atoms with Gasteiger partial charge in [0.25, 0.3) is 5.69 Å². The van der Waals surface area contributed by atoms with Gasteiger partial charge in [-0.1, -0.05) is 11.6 Å². The van der Waals surface area contributed by atoms with Crippen LogP contribution in [0.1, 0.15) is 11.7 Å². The molecule has 1 aromatic rings. The average Bonchev–Trinajstić information content (AvgIpc) is 2.14. The first-order valence-electron chi connectivity index (χ1n) is 3.92. The van der Waals surface area contributed by atoms with E-state index in [1.807, 2.05) is 0 Å². The van der Waals surface area contributed by atoms with E-state index in [1.54, 1.807) is 0 Å². The summed E-state index contributed by atoms with van der Waals surface area (Å²) in [6.07, 6.45) is -7.54. The lowest BCUT2D eigenvalue weighted by Crippen LogP contribution is -2.20. The fourth-order valence-electron chi connectivity index (χ4n) is 1.03. The number of alkyl halides is 3. The van der Waals surface area contributed by atoms with Crippen molar-refractivity contribution in [2.24, 2.45) is 0 Å². The van der Waals surface area contributed by atoms with E-state index in [1.165, 1.54) is 0 Å². The minimum absolute atomic E-state index is 0.453. The first-order valence-corrected chi connectivity index (χ1v) is 4.30. The zero-order chi connectivity index (χ0) is 12.5. The summed E-state index contributed by atoms with van der Waals surface area (Å²) in [6, 6.07) is 2.34. The lowest BCUT2D eigenvalue weighted by atomic mass is 10.1. The van der Waals surface area contributed by atoms with E-state index in [0.29, 0.717) is 0 Å². The zero-order valence-electron chi connectivity index (χ0n) is 7.53. The van der Waals surface area contributed by atoms with Crippen molar-refractivity contribution >= 4 is 17.3 Å². The van der Waals surface area contributed by atoms with Gasteiger partial charge in [-0.3, -0.25) is 10.1 Å². The Kier molecular flexibility index (Phi) is 3.39. The zero-order valence-corrected chi connectivity index (χ0v) is 8.29. The molecule has 4 nitrogen and oxygen atoms in total. The van der Waals surface area contributed by atoms with Gasteiger partial charge in [-0.2, -0.15) is 13.2 Å². The fourth-order valence-corrected chi connectivity index (χ4v) is 1.29. The van der Waals surface area contributed by atoms with E-state index in [2.05, 4.69) is 0 Å². The van der Waals surface area contributed by atoms with Crippen molar-refractivity contribution in [2.45, 2.75) is 12.3 Å². The van der Waals surface area contributed by atoms with Crippen LogP contribution in [0.2, 0.25) is 5.02 Å². The molecule has 0 aliphatic carbocycles. The maximum Gasteiger partial charge on any atom is 0.418 e. The van der Waals surface area contributed by atoms with E-state index in [4.69, 9.17) is 16.7 Å². The first-order chi connectivity index (χ1) is 7.23. The van der Waals surface area contributed by atoms with Crippen LogP contribution < -0.4 is 0 Å². The summed E-state index contributed by atoms with van der Waals surface area (Å²) in [5.41, 5.74) is -1.05. The van der Waals surface area contributed by atoms with E-state index in [-0.39, 0.29) is 0 Å². The van der Waals surface area contributed by atoms with Gasteiger partial charge in [0.1, 0.15) is 5.02 Å². The molecule has 0 aliphatic heterocycles. The molecule has 0 saturated carbocycles. The van der Waals surface area contributed by atoms with Crippen LogP contribution in [0, 0.1) is 10.1 Å². The predicted octanol–water partition coefficient (Wildman–Crippen LogP) is 2.84. The molecular weight excluding hydrogens is 251 g/mol. The van der Waals surface area contributed by atoms with Gasteiger partial charge in [-0.15, -0.1) is 0 Å². The van der Waals surface area contributed by atoms with Gasteiger partial charge in [0.15, 0.2) is 6.10 Å². The van der Waals surface area contributed by atoms with E-state index in [9.17, 15) is 23.3 Å². The summed E-state index contributed by atoms with van der Waals surface area (Å²) in [7, 11) is 0.